The number of ether oxygens (including phenoxy) is 2. The van der Waals surface area contributed by atoms with E-state index in [0.717, 1.165) is 4.90 Å². The van der Waals surface area contributed by atoms with Gasteiger partial charge >= 0.3 is 17.8 Å². The molecule has 0 spiro atoms. The zero-order valence-corrected chi connectivity index (χ0v) is 12.9. The van der Waals surface area contributed by atoms with Crippen molar-refractivity contribution < 1.29 is 28.7 Å². The number of urea groups is 1. The average Bonchev–Trinajstić information content (AvgIpc) is 2.78. The Bertz CT molecular complexity index is 732. The van der Waals surface area contributed by atoms with E-state index in [1.54, 1.807) is 25.1 Å². The molecule has 1 aromatic rings. The van der Waals surface area contributed by atoms with Gasteiger partial charge in [-0.15, -0.1) is 0 Å². The van der Waals surface area contributed by atoms with Crippen molar-refractivity contribution >= 4 is 29.4 Å². The van der Waals surface area contributed by atoms with E-state index in [4.69, 9.17) is 9.47 Å². The molecule has 1 aromatic carbocycles. The van der Waals surface area contributed by atoms with Crippen molar-refractivity contribution in [2.45, 2.75) is 6.92 Å². The number of carbonyl (C=O) groups is 4. The molecule has 126 valence electrons. The minimum absolute atomic E-state index is 0.0731. The van der Waals surface area contributed by atoms with Crippen LogP contribution in [0.3, 0.4) is 0 Å². The highest BCUT2D eigenvalue weighted by Gasteiger charge is 2.44. The van der Waals surface area contributed by atoms with Gasteiger partial charge < -0.3 is 14.8 Å². The number of hydrogen-bond acceptors (Lipinski definition) is 6. The first kappa shape index (κ1) is 15.8. The maximum Gasteiger partial charge on any atom is 0.334 e. The molecule has 24 heavy (non-hydrogen) atoms. The fraction of sp³-hybridized carbons (Fsp3) is 0.333. The molecule has 0 atom stereocenters. The van der Waals surface area contributed by atoms with Crippen molar-refractivity contribution in [2.24, 2.45) is 0 Å². The zero-order chi connectivity index (χ0) is 17.3. The molecule has 2 aliphatic rings. The molecular formula is C15H15N3O6. The van der Waals surface area contributed by atoms with Crippen LogP contribution in [0.5, 0.6) is 11.5 Å². The predicted octanol–water partition coefficient (Wildman–Crippen LogP) is 0.207. The van der Waals surface area contributed by atoms with E-state index in [-0.39, 0.29) is 6.54 Å². The van der Waals surface area contributed by atoms with Gasteiger partial charge in [-0.3, -0.25) is 19.3 Å². The Morgan fingerprint density at radius 1 is 1.08 bits per heavy atom. The summed E-state index contributed by atoms with van der Waals surface area (Å²) < 4.78 is 10.8. The fourth-order valence-corrected chi connectivity index (χ4v) is 2.43. The minimum atomic E-state index is -1.00. The van der Waals surface area contributed by atoms with Gasteiger partial charge in [0, 0.05) is 18.3 Å². The molecule has 1 fully saturated rings. The Morgan fingerprint density at radius 3 is 2.42 bits per heavy atom. The van der Waals surface area contributed by atoms with Crippen molar-refractivity contribution in [3.63, 3.8) is 0 Å². The van der Waals surface area contributed by atoms with Gasteiger partial charge in [0.2, 0.25) is 5.91 Å². The molecular weight excluding hydrogens is 318 g/mol. The number of carbonyl (C=O) groups excluding carboxylic acids is 4. The molecule has 5 amide bonds. The summed E-state index contributed by atoms with van der Waals surface area (Å²) in [6.45, 7) is 1.98. The van der Waals surface area contributed by atoms with Crippen LogP contribution in [0, 0.1) is 0 Å². The monoisotopic (exact) mass is 333 g/mol. The van der Waals surface area contributed by atoms with E-state index >= 15 is 0 Å². The number of fused-ring (bicyclic) bond motifs is 1. The van der Waals surface area contributed by atoms with Crippen molar-refractivity contribution in [1.82, 2.24) is 9.80 Å². The van der Waals surface area contributed by atoms with Gasteiger partial charge in [-0.2, -0.15) is 0 Å². The second-order valence-corrected chi connectivity index (χ2v) is 5.13. The largest absolute Gasteiger partial charge is 0.486 e. The molecule has 0 bridgehead atoms. The third kappa shape index (κ3) is 2.75. The quantitative estimate of drug-likeness (QED) is 0.624. The van der Waals surface area contributed by atoms with E-state index in [1.807, 2.05) is 0 Å². The molecule has 1 N–H and O–H groups in total. The smallest absolute Gasteiger partial charge is 0.334 e. The Hall–Kier alpha value is -3.10. The van der Waals surface area contributed by atoms with Gasteiger partial charge in [0.25, 0.3) is 0 Å². The Morgan fingerprint density at radius 2 is 1.75 bits per heavy atom. The maximum atomic E-state index is 12.1. The molecule has 3 rings (SSSR count). The van der Waals surface area contributed by atoms with E-state index in [2.05, 4.69) is 5.32 Å². The van der Waals surface area contributed by atoms with Crippen LogP contribution in [-0.4, -0.2) is 59.9 Å². The number of hydrogen-bond donors (Lipinski definition) is 1. The van der Waals surface area contributed by atoms with Crippen molar-refractivity contribution in [2.75, 3.05) is 31.6 Å². The first-order valence-corrected chi connectivity index (χ1v) is 7.38. The number of rotatable bonds is 4. The van der Waals surface area contributed by atoms with E-state index in [9.17, 15) is 19.2 Å². The number of amides is 5. The van der Waals surface area contributed by atoms with Crippen LogP contribution < -0.4 is 14.8 Å². The van der Waals surface area contributed by atoms with E-state index < -0.39 is 30.3 Å². The average molecular weight is 333 g/mol. The summed E-state index contributed by atoms with van der Waals surface area (Å²) in [7, 11) is 0. The predicted molar refractivity (Wildman–Crippen MR) is 80.6 cm³/mol. The van der Waals surface area contributed by atoms with Crippen LogP contribution in [-0.2, 0) is 14.4 Å². The van der Waals surface area contributed by atoms with Gasteiger partial charge in [-0.25, -0.2) is 9.69 Å². The highest BCUT2D eigenvalue weighted by atomic mass is 16.6. The molecule has 0 unspecified atom stereocenters. The van der Waals surface area contributed by atoms with Gasteiger partial charge in [0.1, 0.15) is 19.8 Å². The summed E-state index contributed by atoms with van der Waals surface area (Å²) in [5, 5.41) is 2.56. The van der Waals surface area contributed by atoms with Crippen LogP contribution in [0.15, 0.2) is 18.2 Å². The standard InChI is InChI=1S/C15H15N3O6/c1-2-17-13(20)14(21)18(15(17)22)8-12(19)16-9-3-4-10-11(7-9)24-6-5-23-10/h3-4,7H,2,5-6,8H2,1H3,(H,16,19). The lowest BCUT2D eigenvalue weighted by atomic mass is 10.2. The molecule has 0 radical (unpaired) electrons. The van der Waals surface area contributed by atoms with Crippen LogP contribution in [0.2, 0.25) is 0 Å². The number of nitrogens with zero attached hydrogens (tertiary/aromatic N) is 2. The SMILES string of the molecule is CCN1C(=O)C(=O)N(CC(=O)Nc2ccc3c(c2)OCCO3)C1=O. The van der Waals surface area contributed by atoms with E-state index in [0.29, 0.717) is 35.3 Å². The molecule has 2 aliphatic heterocycles. The number of anilines is 1. The van der Waals surface area contributed by atoms with Crippen LogP contribution in [0.25, 0.3) is 0 Å². The lowest BCUT2D eigenvalue weighted by Crippen LogP contribution is -2.39. The Kier molecular flexibility index (Phi) is 4.07. The fourth-order valence-electron chi connectivity index (χ4n) is 2.43. The number of likely N-dealkylation sites (N-methyl/N-ethyl adjacent to an activating group) is 1. The third-order valence-corrected chi connectivity index (χ3v) is 3.58. The molecule has 9 nitrogen and oxygen atoms in total. The lowest BCUT2D eigenvalue weighted by Gasteiger charge is -2.19. The lowest BCUT2D eigenvalue weighted by molar-refractivity contribution is -0.143. The number of nitrogens with one attached hydrogen (secondary N) is 1. The molecule has 0 aromatic heterocycles. The van der Waals surface area contributed by atoms with Gasteiger partial charge in [-0.05, 0) is 19.1 Å². The molecule has 0 saturated carbocycles. The van der Waals surface area contributed by atoms with Crippen molar-refractivity contribution in [3.8, 4) is 11.5 Å². The normalized spacial score (nSPS) is 16.6. The zero-order valence-electron chi connectivity index (χ0n) is 12.9. The first-order chi connectivity index (χ1) is 11.5. The Labute approximate surface area is 137 Å². The Balaban J connectivity index is 1.67. The highest BCUT2D eigenvalue weighted by molar-refractivity contribution is 6.45. The topological polar surface area (TPSA) is 105 Å². The van der Waals surface area contributed by atoms with Crippen molar-refractivity contribution in [3.05, 3.63) is 18.2 Å². The summed E-state index contributed by atoms with van der Waals surface area (Å²) in [6, 6.07) is 4.06. The second kappa shape index (κ2) is 6.19. The summed E-state index contributed by atoms with van der Waals surface area (Å²) in [5.74, 6) is -1.44. The summed E-state index contributed by atoms with van der Waals surface area (Å²) in [6.07, 6.45) is 0. The third-order valence-electron chi connectivity index (χ3n) is 3.58. The summed E-state index contributed by atoms with van der Waals surface area (Å²) >= 11 is 0. The molecule has 0 aliphatic carbocycles. The maximum absolute atomic E-state index is 12.1. The highest BCUT2D eigenvalue weighted by Crippen LogP contribution is 2.32. The van der Waals surface area contributed by atoms with Crippen LogP contribution in [0.4, 0.5) is 10.5 Å². The second-order valence-electron chi connectivity index (χ2n) is 5.13. The van der Waals surface area contributed by atoms with Gasteiger partial charge in [-0.1, -0.05) is 0 Å². The van der Waals surface area contributed by atoms with Crippen LogP contribution >= 0.6 is 0 Å². The summed E-state index contributed by atoms with van der Waals surface area (Å²) in [4.78, 5) is 48.8. The molecule has 2 heterocycles. The number of imide groups is 2. The first-order valence-electron chi connectivity index (χ1n) is 7.38. The van der Waals surface area contributed by atoms with E-state index in [1.165, 1.54) is 0 Å². The number of benzene rings is 1. The van der Waals surface area contributed by atoms with Gasteiger partial charge in [0.15, 0.2) is 11.5 Å². The molecule has 1 saturated heterocycles. The minimum Gasteiger partial charge on any atom is -0.486 e. The summed E-state index contributed by atoms with van der Waals surface area (Å²) in [5.41, 5.74) is 0.432. The van der Waals surface area contributed by atoms with Crippen LogP contribution in [0.1, 0.15) is 6.92 Å². The molecule has 9 heteroatoms. The van der Waals surface area contributed by atoms with Crippen molar-refractivity contribution in [1.29, 1.82) is 0 Å². The van der Waals surface area contributed by atoms with Gasteiger partial charge in [0.05, 0.1) is 0 Å².